The first-order valence-corrected chi connectivity index (χ1v) is 9.37. The summed E-state index contributed by atoms with van der Waals surface area (Å²) in [6.07, 6.45) is 1.66. The summed E-state index contributed by atoms with van der Waals surface area (Å²) in [6.45, 7) is 2.09. The van der Waals surface area contributed by atoms with Gasteiger partial charge in [0.1, 0.15) is 11.7 Å². The highest BCUT2D eigenvalue weighted by Crippen LogP contribution is 2.51. The number of hydrogen-bond donors (Lipinski definition) is 1. The molecule has 127 valence electrons. The summed E-state index contributed by atoms with van der Waals surface area (Å²) in [6, 6.07) is 13.0. The summed E-state index contributed by atoms with van der Waals surface area (Å²) in [5.74, 6) is 0.674. The third-order valence-electron chi connectivity index (χ3n) is 4.18. The van der Waals surface area contributed by atoms with E-state index in [1.807, 2.05) is 30.3 Å². The molecule has 1 saturated heterocycles. The van der Waals surface area contributed by atoms with Crippen molar-refractivity contribution in [1.82, 2.24) is 19.5 Å². The van der Waals surface area contributed by atoms with E-state index in [-0.39, 0.29) is 0 Å². The van der Waals surface area contributed by atoms with Gasteiger partial charge in [0.05, 0.1) is 16.1 Å². The molecule has 2 heterocycles. The smallest absolute Gasteiger partial charge is 0.164 e. The lowest BCUT2D eigenvalue weighted by Gasteiger charge is -2.24. The van der Waals surface area contributed by atoms with Gasteiger partial charge in [0.2, 0.25) is 0 Å². The van der Waals surface area contributed by atoms with Gasteiger partial charge < -0.3 is 0 Å². The van der Waals surface area contributed by atoms with Crippen molar-refractivity contribution < 1.29 is 0 Å². The van der Waals surface area contributed by atoms with Crippen molar-refractivity contribution in [2.24, 2.45) is 0 Å². The third kappa shape index (κ3) is 3.15. The first-order chi connectivity index (χ1) is 12.0. The Morgan fingerprint density at radius 3 is 2.36 bits per heavy atom. The number of rotatable bonds is 4. The van der Waals surface area contributed by atoms with E-state index < -0.39 is 5.41 Å². The van der Waals surface area contributed by atoms with Crippen LogP contribution in [0.1, 0.15) is 18.3 Å². The zero-order valence-corrected chi connectivity index (χ0v) is 16.1. The Morgan fingerprint density at radius 2 is 1.72 bits per heavy atom. The fourth-order valence-electron chi connectivity index (χ4n) is 2.65. The molecule has 1 aliphatic heterocycles. The van der Waals surface area contributed by atoms with Crippen LogP contribution in [0.4, 0.5) is 0 Å². The Morgan fingerprint density at radius 1 is 1.04 bits per heavy atom. The van der Waals surface area contributed by atoms with Crippen LogP contribution in [-0.2, 0) is 5.41 Å². The van der Waals surface area contributed by atoms with Gasteiger partial charge in [-0.15, -0.1) is 0 Å². The predicted octanol–water partition coefficient (Wildman–Crippen LogP) is 5.27. The van der Waals surface area contributed by atoms with Gasteiger partial charge in [0.15, 0.2) is 5.82 Å². The largest absolute Gasteiger partial charge is 0.242 e. The van der Waals surface area contributed by atoms with Crippen LogP contribution >= 0.6 is 46.8 Å². The monoisotopic (exact) mass is 409 g/mol. The molecule has 8 heteroatoms. The quantitative estimate of drug-likeness (QED) is 0.470. The molecule has 0 saturated carbocycles. The molecule has 0 amide bonds. The Hall–Kier alpha value is -1.24. The fraction of sp³-hybridized carbons (Fsp3) is 0.118. The number of halogens is 3. The molecule has 1 N–H and O–H groups in total. The highest BCUT2D eigenvalue weighted by Gasteiger charge is 2.49. The highest BCUT2D eigenvalue weighted by molar-refractivity contribution is 8.07. The van der Waals surface area contributed by atoms with E-state index in [9.17, 15) is 0 Å². The van der Waals surface area contributed by atoms with Gasteiger partial charge >= 0.3 is 0 Å². The summed E-state index contributed by atoms with van der Waals surface area (Å²) in [5.41, 5.74) is 1.31. The van der Waals surface area contributed by atoms with Crippen molar-refractivity contribution in [2.45, 2.75) is 12.3 Å². The average molecular weight is 411 g/mol. The third-order valence-corrected chi connectivity index (χ3v) is 5.78. The first-order valence-electron chi connectivity index (χ1n) is 7.42. The van der Waals surface area contributed by atoms with Crippen LogP contribution in [0.2, 0.25) is 15.1 Å². The lowest BCUT2D eigenvalue weighted by Crippen LogP contribution is -2.28. The second-order valence-corrected chi connectivity index (χ2v) is 7.87. The normalized spacial score (nSPS) is 16.6. The molecular weight excluding hydrogens is 399 g/mol. The number of benzene rings is 2. The Balaban J connectivity index is 1.77. The molecule has 1 aromatic heterocycles. The molecule has 1 unspecified atom stereocenters. The second-order valence-electron chi connectivity index (χ2n) is 5.77. The Labute approximate surface area is 164 Å². The average Bonchev–Trinajstić information content (AvgIpc) is 3.33. The molecule has 1 fully saturated rings. The second kappa shape index (κ2) is 6.49. The molecule has 3 aromatic rings. The van der Waals surface area contributed by atoms with Crippen LogP contribution in [0.15, 0.2) is 48.8 Å². The van der Waals surface area contributed by atoms with E-state index in [1.54, 1.807) is 35.1 Å². The first kappa shape index (κ1) is 17.2. The minimum absolute atomic E-state index is 0.473. The maximum atomic E-state index is 6.29. The zero-order valence-electron chi connectivity index (χ0n) is 13.0. The minimum Gasteiger partial charge on any atom is -0.242 e. The van der Waals surface area contributed by atoms with Gasteiger partial charge in [-0.05, 0) is 42.8 Å². The molecule has 0 spiro atoms. The van der Waals surface area contributed by atoms with Gasteiger partial charge in [-0.2, -0.15) is 5.10 Å². The van der Waals surface area contributed by atoms with Gasteiger partial charge in [0.25, 0.3) is 0 Å². The van der Waals surface area contributed by atoms with Crippen LogP contribution in [0.5, 0.6) is 0 Å². The van der Waals surface area contributed by atoms with Crippen molar-refractivity contribution in [3.05, 3.63) is 80.6 Å². The lowest BCUT2D eigenvalue weighted by molar-refractivity contribution is 0.597. The van der Waals surface area contributed by atoms with Crippen molar-refractivity contribution >= 4 is 46.8 Å². The van der Waals surface area contributed by atoms with E-state index in [1.165, 1.54) is 0 Å². The maximum absolute atomic E-state index is 6.29. The van der Waals surface area contributed by atoms with E-state index in [4.69, 9.17) is 34.8 Å². The summed E-state index contributed by atoms with van der Waals surface area (Å²) in [4.78, 5) is 4.54. The molecule has 2 aromatic carbocycles. The molecule has 25 heavy (non-hydrogen) atoms. The molecule has 1 radical (unpaired) electrons. The van der Waals surface area contributed by atoms with Crippen LogP contribution in [0.3, 0.4) is 0 Å². The number of hydrogen-bond acceptors (Lipinski definition) is 4. The van der Waals surface area contributed by atoms with Gasteiger partial charge in [-0.1, -0.05) is 58.9 Å². The van der Waals surface area contributed by atoms with Crippen LogP contribution in [-0.4, -0.2) is 14.8 Å². The summed E-state index contributed by atoms with van der Waals surface area (Å²) in [7, 11) is 0. The van der Waals surface area contributed by atoms with E-state index in [2.05, 4.69) is 21.7 Å². The molecule has 4 nitrogen and oxygen atoms in total. The van der Waals surface area contributed by atoms with E-state index >= 15 is 0 Å². The summed E-state index contributed by atoms with van der Waals surface area (Å²) in [5, 5.41) is 7.56. The Kier molecular flexibility index (Phi) is 4.46. The molecule has 0 bridgehead atoms. The molecule has 1 aliphatic rings. The molecule has 0 aliphatic carbocycles. The predicted molar refractivity (Wildman–Crippen MR) is 103 cm³/mol. The SMILES string of the molecule is CC([C]1NS1)(c1ccc(Cl)cc1)c1ncn(-c2ccc(Cl)cc2Cl)n1. The minimum atomic E-state index is -0.473. The summed E-state index contributed by atoms with van der Waals surface area (Å²) < 4.78 is 4.88. The molecule has 4 rings (SSSR count). The van der Waals surface area contributed by atoms with Crippen molar-refractivity contribution in [2.75, 3.05) is 0 Å². The van der Waals surface area contributed by atoms with Crippen molar-refractivity contribution in [3.8, 4) is 5.69 Å². The maximum Gasteiger partial charge on any atom is 0.164 e. The number of nitrogens with zero attached hydrogens (tertiary/aromatic N) is 3. The zero-order chi connectivity index (χ0) is 17.6. The van der Waals surface area contributed by atoms with Gasteiger partial charge in [-0.25, -0.2) is 14.4 Å². The fourth-order valence-corrected chi connectivity index (χ4v) is 3.94. The van der Waals surface area contributed by atoms with Crippen molar-refractivity contribution in [1.29, 1.82) is 0 Å². The molecule has 1 atom stereocenters. The molecular formula is C17H12Cl3N4S. The highest BCUT2D eigenvalue weighted by atomic mass is 35.5. The standard InChI is InChI=1S/C17H12Cl3N4S/c1-17(16-23-25-16,10-2-4-11(18)5-3-10)15-21-9-24(22-15)14-7-6-12(19)8-13(14)20/h2-9,23H,1H3. The topological polar surface area (TPSA) is 52.6 Å². The summed E-state index contributed by atoms with van der Waals surface area (Å²) >= 11 is 19.9. The van der Waals surface area contributed by atoms with Crippen molar-refractivity contribution in [3.63, 3.8) is 0 Å². The van der Waals surface area contributed by atoms with Crippen LogP contribution in [0, 0.1) is 5.37 Å². The van der Waals surface area contributed by atoms with Gasteiger partial charge in [-0.3, -0.25) is 0 Å². The van der Waals surface area contributed by atoms with Gasteiger partial charge in [0, 0.05) is 10.0 Å². The lowest BCUT2D eigenvalue weighted by atomic mass is 9.81. The number of nitrogens with one attached hydrogen (secondary N) is 1. The Bertz CT molecular complexity index is 924. The van der Waals surface area contributed by atoms with E-state index in [0.717, 1.165) is 16.6 Å². The van der Waals surface area contributed by atoms with Crippen LogP contribution < -0.4 is 4.72 Å². The van der Waals surface area contributed by atoms with E-state index in [0.29, 0.717) is 20.9 Å². The van der Waals surface area contributed by atoms with Crippen LogP contribution in [0.25, 0.3) is 5.69 Å². The number of aromatic nitrogens is 3.